The van der Waals surface area contributed by atoms with Gasteiger partial charge in [-0.05, 0) is 37.3 Å². The number of ketones is 2. The van der Waals surface area contributed by atoms with E-state index in [1.54, 1.807) is 18.2 Å². The molecule has 1 aliphatic carbocycles. The van der Waals surface area contributed by atoms with Gasteiger partial charge >= 0.3 is 5.97 Å². The summed E-state index contributed by atoms with van der Waals surface area (Å²) in [5, 5.41) is 8.02. The third-order valence-electron chi connectivity index (χ3n) is 7.73. The van der Waals surface area contributed by atoms with Crippen molar-refractivity contribution in [3.8, 4) is 0 Å². The van der Waals surface area contributed by atoms with E-state index >= 15 is 0 Å². The molecule has 0 bridgehead atoms. The molecule has 0 spiro atoms. The summed E-state index contributed by atoms with van der Waals surface area (Å²) in [6.07, 6.45) is 2.27. The number of aromatic amines is 1. The Hall–Kier alpha value is -4.94. The Morgan fingerprint density at radius 1 is 0.932 bits per heavy atom. The summed E-state index contributed by atoms with van der Waals surface area (Å²) in [6.45, 7) is -0.429. The Kier molecular flexibility index (Phi) is 9.12. The van der Waals surface area contributed by atoms with Crippen LogP contribution in [0.1, 0.15) is 53.0 Å². The van der Waals surface area contributed by atoms with Crippen LogP contribution < -0.4 is 16.0 Å². The van der Waals surface area contributed by atoms with Crippen molar-refractivity contribution in [2.75, 3.05) is 13.2 Å². The first-order chi connectivity index (χ1) is 21.1. The van der Waals surface area contributed by atoms with Crippen molar-refractivity contribution in [3.63, 3.8) is 0 Å². The molecule has 1 saturated carbocycles. The number of aromatic nitrogens is 1. The SMILES string of the molecule is O=C(OCC(=O)[C@H](C[C@@H]1CCNC1=O)NC(=O)[C@H](CC1CC1)NC(=O)c1cc2cc(F)cc(F)c2[nH]1)C(=O)c1ccccc1. The predicted octanol–water partition coefficient (Wildman–Crippen LogP) is 2.35. The van der Waals surface area contributed by atoms with E-state index in [9.17, 15) is 37.5 Å². The molecule has 0 radical (unpaired) electrons. The summed E-state index contributed by atoms with van der Waals surface area (Å²) in [6, 6.07) is 8.29. The Morgan fingerprint density at radius 3 is 2.36 bits per heavy atom. The van der Waals surface area contributed by atoms with E-state index < -0.39 is 65.6 Å². The van der Waals surface area contributed by atoms with Crippen LogP contribution in [0.15, 0.2) is 48.5 Å². The highest BCUT2D eigenvalue weighted by molar-refractivity contribution is 6.40. The number of Topliss-reactive ketones (excluding diaryl/α,β-unsaturated/α-hetero) is 2. The Bertz CT molecular complexity index is 1620. The molecule has 1 aliphatic heterocycles. The number of carbonyl (C=O) groups is 6. The lowest BCUT2D eigenvalue weighted by Crippen LogP contribution is -2.53. The predicted molar refractivity (Wildman–Crippen MR) is 151 cm³/mol. The van der Waals surface area contributed by atoms with Crippen LogP contribution in [0.2, 0.25) is 0 Å². The van der Waals surface area contributed by atoms with Crippen molar-refractivity contribution in [2.45, 2.75) is 44.2 Å². The molecule has 11 nitrogen and oxygen atoms in total. The van der Waals surface area contributed by atoms with Crippen LogP contribution >= 0.6 is 0 Å². The number of ether oxygens (including phenoxy) is 1. The normalized spacial score (nSPS) is 17.4. The second kappa shape index (κ2) is 13.1. The molecular formula is C31H30F2N4O7. The average Bonchev–Trinajstić information content (AvgIpc) is 3.57. The maximum Gasteiger partial charge on any atom is 0.380 e. The molecule has 1 aromatic heterocycles. The summed E-state index contributed by atoms with van der Waals surface area (Å²) < 4.78 is 32.8. The molecule has 3 aromatic rings. The number of H-pyrrole nitrogens is 1. The quantitative estimate of drug-likeness (QED) is 0.131. The number of esters is 1. The minimum absolute atomic E-state index is 0.0689. The Balaban J connectivity index is 1.28. The van der Waals surface area contributed by atoms with Gasteiger partial charge < -0.3 is 25.7 Å². The zero-order valence-electron chi connectivity index (χ0n) is 23.5. The zero-order valence-corrected chi connectivity index (χ0v) is 23.5. The van der Waals surface area contributed by atoms with Crippen molar-refractivity contribution in [3.05, 3.63) is 71.4 Å². The average molecular weight is 609 g/mol. The van der Waals surface area contributed by atoms with E-state index in [4.69, 9.17) is 4.74 Å². The summed E-state index contributed by atoms with van der Waals surface area (Å²) in [4.78, 5) is 79.3. The zero-order chi connectivity index (χ0) is 31.4. The minimum Gasteiger partial charge on any atom is -0.452 e. The first kappa shape index (κ1) is 30.5. The summed E-state index contributed by atoms with van der Waals surface area (Å²) in [7, 11) is 0. The lowest BCUT2D eigenvalue weighted by atomic mass is 9.95. The van der Waals surface area contributed by atoms with E-state index in [0.717, 1.165) is 18.9 Å². The number of fused-ring (bicyclic) bond motifs is 1. The van der Waals surface area contributed by atoms with Crippen molar-refractivity contribution in [2.24, 2.45) is 11.8 Å². The minimum atomic E-state index is -1.26. The highest BCUT2D eigenvalue weighted by Gasteiger charge is 2.36. The van der Waals surface area contributed by atoms with Crippen LogP contribution in [0.3, 0.4) is 0 Å². The molecule has 2 aliphatic rings. The number of rotatable bonds is 13. The van der Waals surface area contributed by atoms with Gasteiger partial charge in [0.2, 0.25) is 11.8 Å². The largest absolute Gasteiger partial charge is 0.452 e. The Morgan fingerprint density at radius 2 is 1.68 bits per heavy atom. The number of amides is 3. The molecular weight excluding hydrogens is 578 g/mol. The fraction of sp³-hybridized carbons (Fsp3) is 0.355. The van der Waals surface area contributed by atoms with Crippen LogP contribution in [0.5, 0.6) is 0 Å². The van der Waals surface area contributed by atoms with Crippen LogP contribution in [-0.4, -0.2) is 65.5 Å². The Labute approximate surface area is 250 Å². The van der Waals surface area contributed by atoms with Gasteiger partial charge in [-0.2, -0.15) is 0 Å². The van der Waals surface area contributed by atoms with Crippen molar-refractivity contribution < 1.29 is 42.3 Å². The standard InChI is InChI=1S/C31H30F2N4O7/c32-20-11-19-13-24(35-26(19)21(33)14-20)30(42)37-23(10-16-6-7-16)29(41)36-22(12-18-8-9-34-28(18)40)25(38)15-44-31(43)27(39)17-4-2-1-3-5-17/h1-5,11,13-14,16,18,22-23,35H,6-10,12,15H2,(H,34,40)(H,36,41)(H,37,42)/t18-,22-,23-/m0/s1. The fourth-order valence-electron chi connectivity index (χ4n) is 5.15. The molecule has 2 heterocycles. The van der Waals surface area contributed by atoms with Gasteiger partial charge in [0.05, 0.1) is 11.6 Å². The van der Waals surface area contributed by atoms with Gasteiger partial charge in [0, 0.05) is 29.5 Å². The summed E-state index contributed by atoms with van der Waals surface area (Å²) in [5.41, 5.74) is -0.0807. The molecule has 3 atom stereocenters. The number of hydrogen-bond acceptors (Lipinski definition) is 7. The van der Waals surface area contributed by atoms with Gasteiger partial charge in [-0.25, -0.2) is 13.6 Å². The van der Waals surface area contributed by atoms with E-state index in [2.05, 4.69) is 20.9 Å². The van der Waals surface area contributed by atoms with Gasteiger partial charge in [-0.1, -0.05) is 43.2 Å². The third-order valence-corrected chi connectivity index (χ3v) is 7.73. The van der Waals surface area contributed by atoms with Crippen LogP contribution in [-0.2, 0) is 23.9 Å². The van der Waals surface area contributed by atoms with E-state index in [0.29, 0.717) is 19.0 Å². The second-order valence-electron chi connectivity index (χ2n) is 11.1. The van der Waals surface area contributed by atoms with Gasteiger partial charge in [-0.3, -0.25) is 24.0 Å². The second-order valence-corrected chi connectivity index (χ2v) is 11.1. The molecule has 230 valence electrons. The highest BCUT2D eigenvalue weighted by atomic mass is 19.1. The number of benzene rings is 2. The molecule has 1 saturated heterocycles. The van der Waals surface area contributed by atoms with E-state index in [1.807, 2.05) is 0 Å². The summed E-state index contributed by atoms with van der Waals surface area (Å²) >= 11 is 0. The fourth-order valence-corrected chi connectivity index (χ4v) is 5.15. The lowest BCUT2D eigenvalue weighted by molar-refractivity contribution is -0.144. The summed E-state index contributed by atoms with van der Waals surface area (Å²) in [5.74, 6) is -6.80. The smallest absolute Gasteiger partial charge is 0.380 e. The monoisotopic (exact) mass is 608 g/mol. The number of halogens is 2. The molecule has 44 heavy (non-hydrogen) atoms. The maximum absolute atomic E-state index is 14.2. The molecule has 13 heteroatoms. The molecule has 0 unspecified atom stereocenters. The van der Waals surface area contributed by atoms with E-state index in [-0.39, 0.29) is 46.8 Å². The van der Waals surface area contributed by atoms with Gasteiger partial charge in [0.1, 0.15) is 23.4 Å². The first-order valence-corrected chi connectivity index (χ1v) is 14.2. The maximum atomic E-state index is 14.2. The first-order valence-electron chi connectivity index (χ1n) is 14.2. The molecule has 2 aromatic carbocycles. The van der Waals surface area contributed by atoms with Crippen molar-refractivity contribution in [1.82, 2.24) is 20.9 Å². The van der Waals surface area contributed by atoms with Gasteiger partial charge in [0.15, 0.2) is 12.4 Å². The van der Waals surface area contributed by atoms with Crippen LogP contribution in [0.4, 0.5) is 8.78 Å². The van der Waals surface area contributed by atoms with Crippen LogP contribution in [0, 0.1) is 23.5 Å². The number of nitrogens with one attached hydrogen (secondary N) is 4. The number of carbonyl (C=O) groups excluding carboxylic acids is 6. The van der Waals surface area contributed by atoms with Crippen molar-refractivity contribution >= 4 is 46.2 Å². The van der Waals surface area contributed by atoms with Gasteiger partial charge in [-0.15, -0.1) is 0 Å². The molecule has 4 N–H and O–H groups in total. The van der Waals surface area contributed by atoms with Crippen LogP contribution in [0.25, 0.3) is 10.9 Å². The van der Waals surface area contributed by atoms with Gasteiger partial charge in [0.25, 0.3) is 11.7 Å². The number of hydrogen-bond donors (Lipinski definition) is 4. The molecule has 3 amide bonds. The topological polar surface area (TPSA) is 164 Å². The van der Waals surface area contributed by atoms with E-state index in [1.165, 1.54) is 18.2 Å². The highest BCUT2D eigenvalue weighted by Crippen LogP contribution is 2.34. The lowest BCUT2D eigenvalue weighted by Gasteiger charge is -2.24. The molecule has 5 rings (SSSR count). The third kappa shape index (κ3) is 7.33. The molecule has 2 fully saturated rings. The van der Waals surface area contributed by atoms with Crippen molar-refractivity contribution in [1.29, 1.82) is 0 Å².